The molecule has 1 saturated heterocycles. The molecule has 0 spiro atoms. The van der Waals surface area contributed by atoms with Crippen LogP contribution in [0, 0.1) is 17.8 Å². The Morgan fingerprint density at radius 1 is 1.32 bits per heavy atom. The maximum absolute atomic E-state index is 12.1. The fourth-order valence-corrected chi connectivity index (χ4v) is 4.83. The van der Waals surface area contributed by atoms with Crippen LogP contribution in [0.1, 0.15) is 12.6 Å². The van der Waals surface area contributed by atoms with Crippen LogP contribution < -0.4 is 11.4 Å². The van der Waals surface area contributed by atoms with E-state index in [1.165, 1.54) is 12.3 Å². The smallest absolute Gasteiger partial charge is 0.472 e. The van der Waals surface area contributed by atoms with Gasteiger partial charge in [0.05, 0.1) is 13.2 Å². The van der Waals surface area contributed by atoms with Crippen molar-refractivity contribution in [2.75, 3.05) is 18.9 Å². The van der Waals surface area contributed by atoms with Gasteiger partial charge in [-0.15, -0.1) is 0 Å². The number of aliphatic carboxylic acids is 1. The third-order valence-corrected chi connectivity index (χ3v) is 6.77. The Hall–Kier alpha value is -2.12. The molecule has 6 unspecified atom stereocenters. The highest BCUT2D eigenvalue weighted by Crippen LogP contribution is 2.58. The van der Waals surface area contributed by atoms with Crippen molar-refractivity contribution in [1.82, 2.24) is 9.55 Å². The Kier molecular flexibility index (Phi) is 5.77. The number of rotatable bonds is 8. The number of nitrogens with two attached hydrogens (primary N) is 1. The van der Waals surface area contributed by atoms with E-state index in [1.54, 1.807) is 6.08 Å². The van der Waals surface area contributed by atoms with Gasteiger partial charge in [0, 0.05) is 11.8 Å². The molecule has 170 valence electrons. The summed E-state index contributed by atoms with van der Waals surface area (Å²) in [5.74, 6) is -0.961. The minimum atomic E-state index is -4.49. The van der Waals surface area contributed by atoms with Gasteiger partial charge in [0.25, 0.3) is 0 Å². The van der Waals surface area contributed by atoms with Crippen LogP contribution in [0.2, 0.25) is 0 Å². The molecule has 14 heteroatoms. The molecule has 6 N–H and O–H groups in total. The summed E-state index contributed by atoms with van der Waals surface area (Å²) in [6.45, 7) is -0.668. The van der Waals surface area contributed by atoms with E-state index in [9.17, 15) is 29.3 Å². The second kappa shape index (κ2) is 8.10. The third kappa shape index (κ3) is 4.44. The summed E-state index contributed by atoms with van der Waals surface area (Å²) >= 11 is 0. The van der Waals surface area contributed by atoms with Gasteiger partial charge in [-0.1, -0.05) is 6.08 Å². The van der Waals surface area contributed by atoms with E-state index < -0.39 is 50.6 Å². The molecule has 0 radical (unpaired) electrons. The molecule has 4 rings (SSSR count). The molecule has 2 aliphatic carbocycles. The van der Waals surface area contributed by atoms with E-state index in [1.807, 2.05) is 0 Å². The topological polar surface area (TPSA) is 204 Å². The summed E-state index contributed by atoms with van der Waals surface area (Å²) in [7, 11) is -4.49. The van der Waals surface area contributed by atoms with Crippen molar-refractivity contribution in [2.45, 2.75) is 31.0 Å². The van der Waals surface area contributed by atoms with E-state index in [0.29, 0.717) is 12.0 Å². The van der Waals surface area contributed by atoms with Gasteiger partial charge in [-0.3, -0.25) is 13.6 Å². The fraction of sp³-hybridized carbons (Fsp3) is 0.588. The first-order valence-electron chi connectivity index (χ1n) is 9.49. The Morgan fingerprint density at radius 2 is 2.03 bits per heavy atom. The highest BCUT2D eigenvalue weighted by Gasteiger charge is 2.54. The molecule has 0 aromatic carbocycles. The summed E-state index contributed by atoms with van der Waals surface area (Å²) < 4.78 is 28.4. The van der Waals surface area contributed by atoms with Crippen molar-refractivity contribution in [1.29, 1.82) is 0 Å². The lowest BCUT2D eigenvalue weighted by Crippen LogP contribution is -2.36. The number of fused-ring (bicyclic) bond motifs is 1. The zero-order chi connectivity index (χ0) is 22.5. The van der Waals surface area contributed by atoms with E-state index in [0.717, 1.165) is 4.57 Å². The Bertz CT molecular complexity index is 1010. The molecule has 31 heavy (non-hydrogen) atoms. The van der Waals surface area contributed by atoms with Crippen molar-refractivity contribution in [3.8, 4) is 0 Å². The van der Waals surface area contributed by atoms with Gasteiger partial charge in [0.2, 0.25) is 0 Å². The number of nitrogens with zero attached hydrogens (tertiary/aromatic N) is 2. The number of carboxylic acids is 1. The molecular formula is C17H22N3O10P. The monoisotopic (exact) mass is 459 g/mol. The number of ether oxygens (including phenoxy) is 1. The normalized spacial score (nSPS) is 36.0. The van der Waals surface area contributed by atoms with Crippen LogP contribution in [0.15, 0.2) is 28.7 Å². The molecule has 0 amide bonds. The summed E-state index contributed by atoms with van der Waals surface area (Å²) in [6.07, 6.45) is -2.24. The van der Waals surface area contributed by atoms with Crippen LogP contribution in [-0.2, 0) is 23.1 Å². The number of phosphoric ester groups is 1. The van der Waals surface area contributed by atoms with E-state index >= 15 is 0 Å². The first kappa shape index (κ1) is 22.1. The number of allylic oxidation sites excluding steroid dienone is 1. The second-order valence-electron chi connectivity index (χ2n) is 7.75. The molecule has 1 aromatic heterocycles. The number of hydrogen-bond acceptors (Lipinski definition) is 10. The number of anilines is 1. The zero-order valence-electron chi connectivity index (χ0n) is 16.1. The average Bonchev–Trinajstić information content (AvgIpc) is 3.01. The molecule has 1 saturated carbocycles. The highest BCUT2D eigenvalue weighted by molar-refractivity contribution is 7.47. The van der Waals surface area contributed by atoms with E-state index in [-0.39, 0.29) is 30.2 Å². The molecule has 1 aromatic rings. The SMILES string of the molecule is Nc1ccn(C2OC(COP(=O)(O)OCC3[C@H]4CC(C(=O)O)=C[C@@H]34)C(O)C2O)c(=O)n1. The van der Waals surface area contributed by atoms with Crippen molar-refractivity contribution in [3.05, 3.63) is 34.4 Å². The number of phosphoric acid groups is 1. The summed E-state index contributed by atoms with van der Waals surface area (Å²) in [5, 5.41) is 29.3. The predicted molar refractivity (Wildman–Crippen MR) is 101 cm³/mol. The highest BCUT2D eigenvalue weighted by atomic mass is 31.2. The third-order valence-electron chi connectivity index (χ3n) is 5.82. The molecular weight excluding hydrogens is 437 g/mol. The van der Waals surface area contributed by atoms with Crippen LogP contribution in [0.4, 0.5) is 5.82 Å². The van der Waals surface area contributed by atoms with Gasteiger partial charge >= 0.3 is 19.5 Å². The van der Waals surface area contributed by atoms with Crippen LogP contribution >= 0.6 is 7.82 Å². The number of carboxylic acid groups (broad SMARTS) is 1. The quantitative estimate of drug-likeness (QED) is 0.293. The molecule has 13 nitrogen and oxygen atoms in total. The van der Waals surface area contributed by atoms with Gasteiger partial charge in [-0.2, -0.15) is 4.98 Å². The summed E-state index contributed by atoms with van der Waals surface area (Å²) in [5.41, 5.74) is 4.95. The number of hydrogen-bond donors (Lipinski definition) is 5. The van der Waals surface area contributed by atoms with Crippen molar-refractivity contribution in [2.24, 2.45) is 17.8 Å². The summed E-state index contributed by atoms with van der Waals surface area (Å²) in [4.78, 5) is 36.2. The molecule has 1 aliphatic heterocycles. The lowest BCUT2D eigenvalue weighted by atomic mass is 10.1. The minimum Gasteiger partial charge on any atom is -0.478 e. The van der Waals surface area contributed by atoms with Crippen molar-refractivity contribution in [3.63, 3.8) is 0 Å². The van der Waals surface area contributed by atoms with Crippen molar-refractivity contribution >= 4 is 19.6 Å². The Labute approximate surface area is 175 Å². The number of aliphatic hydroxyl groups is 2. The average molecular weight is 459 g/mol. The van der Waals surface area contributed by atoms with Gasteiger partial charge in [-0.25, -0.2) is 14.2 Å². The Balaban J connectivity index is 1.29. The maximum atomic E-state index is 12.1. The largest absolute Gasteiger partial charge is 0.478 e. The zero-order valence-corrected chi connectivity index (χ0v) is 16.9. The first-order chi connectivity index (χ1) is 14.6. The summed E-state index contributed by atoms with van der Waals surface area (Å²) in [6, 6.07) is 1.31. The Morgan fingerprint density at radius 3 is 2.65 bits per heavy atom. The standard InChI is InChI=1S/C17H22N3O10P/c18-12-1-2-20(17(25)19-12)15-14(22)13(21)11(30-15)6-29-31(26,27)28-5-10-8-3-7(16(23)24)4-9(8)10/h1-3,8-11,13-15,21-22H,4-6H2,(H,23,24)(H,26,27)(H2,18,19,25)/t8-,9+,10?,11?,13?,14?,15?/m1/s1. The molecule has 8 atom stereocenters. The maximum Gasteiger partial charge on any atom is 0.472 e. The van der Waals surface area contributed by atoms with Gasteiger partial charge in [-0.05, 0) is 30.2 Å². The minimum absolute atomic E-state index is 0.00817. The molecule has 3 aliphatic rings. The second-order valence-corrected chi connectivity index (χ2v) is 9.21. The molecule has 0 bridgehead atoms. The predicted octanol–water partition coefficient (Wildman–Crippen LogP) is -1.14. The van der Waals surface area contributed by atoms with E-state index in [2.05, 4.69) is 4.98 Å². The van der Waals surface area contributed by atoms with Gasteiger partial charge in [0.1, 0.15) is 24.1 Å². The van der Waals surface area contributed by atoms with Crippen LogP contribution in [-0.4, -0.2) is 67.3 Å². The fourth-order valence-electron chi connectivity index (χ4n) is 4.06. The van der Waals surface area contributed by atoms with Gasteiger partial charge in [0.15, 0.2) is 6.23 Å². The first-order valence-corrected chi connectivity index (χ1v) is 11.0. The van der Waals surface area contributed by atoms with Crippen LogP contribution in [0.3, 0.4) is 0 Å². The van der Waals surface area contributed by atoms with Crippen LogP contribution in [0.5, 0.6) is 0 Å². The van der Waals surface area contributed by atoms with E-state index in [4.69, 9.17) is 24.6 Å². The number of aliphatic hydroxyl groups excluding tert-OH is 2. The lowest BCUT2D eigenvalue weighted by molar-refractivity contribution is -0.132. The molecule has 2 fully saturated rings. The van der Waals surface area contributed by atoms with Gasteiger partial charge < -0.3 is 30.7 Å². The van der Waals surface area contributed by atoms with Crippen molar-refractivity contribution < 1.29 is 43.4 Å². The molecule has 2 heterocycles. The van der Waals surface area contributed by atoms with Crippen LogP contribution in [0.25, 0.3) is 0 Å². The lowest BCUT2D eigenvalue weighted by Gasteiger charge is -2.18. The number of carbonyl (C=O) groups is 1. The number of aromatic nitrogens is 2. The number of nitrogen functional groups attached to an aromatic ring is 1.